The van der Waals surface area contributed by atoms with Crippen LogP contribution in [0.2, 0.25) is 0 Å². The predicted molar refractivity (Wildman–Crippen MR) is 210 cm³/mol. The summed E-state index contributed by atoms with van der Waals surface area (Å²) >= 11 is 0. The number of hydrogen-bond acceptors (Lipinski definition) is 10. The maximum atomic E-state index is 13.5. The van der Waals surface area contributed by atoms with E-state index >= 15 is 0 Å². The number of ketones is 1. The van der Waals surface area contributed by atoms with Crippen LogP contribution in [0.25, 0.3) is 0 Å². The second-order valence-corrected chi connectivity index (χ2v) is 14.9. The Hall–Kier alpha value is -4.39. The van der Waals surface area contributed by atoms with E-state index in [1.54, 1.807) is 48.5 Å². The highest BCUT2D eigenvalue weighted by molar-refractivity contribution is 6.04. The van der Waals surface area contributed by atoms with Crippen LogP contribution in [0.3, 0.4) is 0 Å². The van der Waals surface area contributed by atoms with Gasteiger partial charge in [0.05, 0.1) is 24.7 Å². The molecule has 1 saturated carbocycles. The van der Waals surface area contributed by atoms with E-state index < -0.39 is 23.7 Å². The first-order valence-corrected chi connectivity index (χ1v) is 20.0. The molecule has 3 aliphatic rings. The van der Waals surface area contributed by atoms with Gasteiger partial charge < -0.3 is 38.5 Å². The van der Waals surface area contributed by atoms with E-state index in [0.29, 0.717) is 49.5 Å². The molecule has 0 aromatic heterocycles. The number of hydrogen-bond donors (Lipinski definition) is 1. The minimum absolute atomic E-state index is 0.0912. The molecule has 0 bridgehead atoms. The van der Waals surface area contributed by atoms with Crippen LogP contribution >= 0.6 is 0 Å². The van der Waals surface area contributed by atoms with Crippen LogP contribution in [0.1, 0.15) is 87.9 Å². The third-order valence-electron chi connectivity index (χ3n) is 10.2. The maximum absolute atomic E-state index is 13.5. The Kier molecular flexibility index (Phi) is 15.6. The van der Waals surface area contributed by atoms with Crippen LogP contribution in [0.15, 0.2) is 97.1 Å². The number of allylic oxidation sites excluding steroid dienone is 2. The van der Waals surface area contributed by atoms with Crippen LogP contribution in [-0.4, -0.2) is 74.5 Å². The van der Waals surface area contributed by atoms with Gasteiger partial charge in [-0.3, -0.25) is 14.4 Å². The highest BCUT2D eigenvalue weighted by atomic mass is 16.7. The van der Waals surface area contributed by atoms with Gasteiger partial charge in [0.25, 0.3) is 5.91 Å². The summed E-state index contributed by atoms with van der Waals surface area (Å²) in [4.78, 5) is 38.5. The van der Waals surface area contributed by atoms with Gasteiger partial charge in [0, 0.05) is 37.3 Å². The van der Waals surface area contributed by atoms with Crippen LogP contribution in [-0.2, 0) is 33.3 Å². The van der Waals surface area contributed by atoms with Crippen molar-refractivity contribution in [2.24, 2.45) is 5.92 Å². The number of anilines is 1. The minimum Gasteiger partial charge on any atom is -0.491 e. The highest BCUT2D eigenvalue weighted by Gasteiger charge is 2.46. The van der Waals surface area contributed by atoms with Gasteiger partial charge >= 0.3 is 5.97 Å². The topological polar surface area (TPSA) is 128 Å². The smallest absolute Gasteiger partial charge is 0.311 e. The number of carbonyl (C=O) groups excluding carboxylic acids is 3. The lowest BCUT2D eigenvalue weighted by atomic mass is 9.99. The van der Waals surface area contributed by atoms with Crippen molar-refractivity contribution in [3.8, 4) is 11.5 Å². The van der Waals surface area contributed by atoms with Crippen molar-refractivity contribution in [3.05, 3.63) is 103 Å². The monoisotopic (exact) mass is 769 g/mol. The zero-order valence-electron chi connectivity index (χ0n) is 32.3. The van der Waals surface area contributed by atoms with Gasteiger partial charge in [0.2, 0.25) is 0 Å². The van der Waals surface area contributed by atoms with Gasteiger partial charge in [0.1, 0.15) is 29.5 Å². The summed E-state index contributed by atoms with van der Waals surface area (Å²) in [6, 6.07) is 25.3. The SMILES string of the molecule is CC(COc1ccccc1)(CO[C@H]1[C@H](OC2CCCCO2)CC(=O)[C@@H]1C/C=C\CCCC(=O)Oc1ccc(NC(=O)c2ccccc2)cc1)OC1CCCCO1. The summed E-state index contributed by atoms with van der Waals surface area (Å²) < 4.78 is 43.1. The Morgan fingerprint density at radius 1 is 0.821 bits per heavy atom. The molecule has 2 aliphatic heterocycles. The fourth-order valence-electron chi connectivity index (χ4n) is 7.10. The maximum Gasteiger partial charge on any atom is 0.311 e. The number of unbranched alkanes of at least 4 members (excludes halogenated alkanes) is 1. The number of ether oxygens (including phenoxy) is 7. The molecule has 2 saturated heterocycles. The second kappa shape index (κ2) is 21.2. The van der Waals surface area contributed by atoms with Crippen molar-refractivity contribution < 1.29 is 47.5 Å². The van der Waals surface area contributed by atoms with Crippen LogP contribution in [0.4, 0.5) is 5.69 Å². The molecule has 56 heavy (non-hydrogen) atoms. The number of benzene rings is 3. The molecule has 11 heteroatoms. The summed E-state index contributed by atoms with van der Waals surface area (Å²) in [6.07, 6.45) is 10.1. The van der Waals surface area contributed by atoms with Crippen molar-refractivity contribution in [1.82, 2.24) is 0 Å². The van der Waals surface area contributed by atoms with Crippen LogP contribution < -0.4 is 14.8 Å². The summed E-state index contributed by atoms with van der Waals surface area (Å²) in [5.41, 5.74) is 0.304. The number of rotatable bonds is 19. The number of amides is 1. The predicted octanol–water partition coefficient (Wildman–Crippen LogP) is 8.23. The number of para-hydroxylation sites is 1. The molecular formula is C45H55NO10. The van der Waals surface area contributed by atoms with E-state index in [-0.39, 0.29) is 56.3 Å². The molecule has 3 aromatic rings. The van der Waals surface area contributed by atoms with Gasteiger partial charge in [-0.1, -0.05) is 48.6 Å². The normalized spacial score (nSPS) is 23.7. The standard InChI is InChI=1S/C45H55NO10/c1-45(56-42-23-13-15-29-51-42,31-52-35-18-8-5-9-19-35)32-53-43-37(38(47)30-39(43)55-41-22-12-14-28-50-41)20-10-2-3-11-21-40(48)54-36-26-24-34(25-27-36)46-44(49)33-16-6-4-7-17-33/h2,4-10,16-19,24-27,37,39,41-43H,3,11-15,20-23,28-32H2,1H3,(H,46,49)/b10-2-/t37-,39+,41?,42?,43+,45?/m0/s1. The minimum atomic E-state index is -0.856. The second-order valence-electron chi connectivity index (χ2n) is 14.9. The van der Waals surface area contributed by atoms with E-state index in [0.717, 1.165) is 44.3 Å². The molecule has 0 radical (unpaired) electrons. The molecule has 3 aromatic carbocycles. The van der Waals surface area contributed by atoms with E-state index in [4.69, 9.17) is 33.2 Å². The number of Topliss-reactive ketones (excluding diaryl/α,β-unsaturated/α-hetero) is 1. The van der Waals surface area contributed by atoms with Gasteiger partial charge in [-0.2, -0.15) is 0 Å². The largest absolute Gasteiger partial charge is 0.491 e. The Bertz CT molecular complexity index is 1690. The van der Waals surface area contributed by atoms with E-state index in [9.17, 15) is 14.4 Å². The first-order valence-electron chi connectivity index (χ1n) is 20.0. The molecule has 6 atom stereocenters. The lowest BCUT2D eigenvalue weighted by molar-refractivity contribution is -0.252. The molecule has 0 spiro atoms. The average molecular weight is 770 g/mol. The van der Waals surface area contributed by atoms with Gasteiger partial charge in [0.15, 0.2) is 12.6 Å². The zero-order chi connectivity index (χ0) is 39.0. The third-order valence-corrected chi connectivity index (χ3v) is 10.2. The molecule has 11 nitrogen and oxygen atoms in total. The number of nitrogens with one attached hydrogen (secondary N) is 1. The van der Waals surface area contributed by atoms with Crippen molar-refractivity contribution in [1.29, 1.82) is 0 Å². The zero-order valence-corrected chi connectivity index (χ0v) is 32.3. The third kappa shape index (κ3) is 12.8. The summed E-state index contributed by atoms with van der Waals surface area (Å²) in [5.74, 6) is 0.264. The Labute approximate surface area is 330 Å². The Morgan fingerprint density at radius 2 is 1.52 bits per heavy atom. The van der Waals surface area contributed by atoms with Gasteiger partial charge in [-0.05, 0) is 113 Å². The molecule has 1 N–H and O–H groups in total. The lowest BCUT2D eigenvalue weighted by Crippen LogP contribution is -2.47. The summed E-state index contributed by atoms with van der Waals surface area (Å²) in [6.45, 7) is 3.67. The first-order chi connectivity index (χ1) is 27.3. The average Bonchev–Trinajstić information content (AvgIpc) is 3.52. The molecule has 3 unspecified atom stereocenters. The van der Waals surface area contributed by atoms with Crippen molar-refractivity contribution >= 4 is 23.3 Å². The first kappa shape index (κ1) is 41.2. The fourth-order valence-corrected chi connectivity index (χ4v) is 7.10. The van der Waals surface area contributed by atoms with E-state index in [2.05, 4.69) is 5.32 Å². The van der Waals surface area contributed by atoms with Crippen molar-refractivity contribution in [3.63, 3.8) is 0 Å². The number of carbonyl (C=O) groups is 3. The quantitative estimate of drug-likeness (QED) is 0.0551. The molecular weight excluding hydrogens is 714 g/mol. The van der Waals surface area contributed by atoms with Gasteiger partial charge in [-0.15, -0.1) is 0 Å². The molecule has 2 heterocycles. The molecule has 1 aliphatic carbocycles. The fraction of sp³-hybridized carbons (Fsp3) is 0.489. The van der Waals surface area contributed by atoms with Crippen LogP contribution in [0.5, 0.6) is 11.5 Å². The summed E-state index contributed by atoms with van der Waals surface area (Å²) in [5, 5.41) is 2.83. The molecule has 6 rings (SSSR count). The highest BCUT2D eigenvalue weighted by Crippen LogP contribution is 2.35. The Morgan fingerprint density at radius 3 is 2.21 bits per heavy atom. The van der Waals surface area contributed by atoms with E-state index in [1.807, 2.05) is 55.5 Å². The lowest BCUT2D eigenvalue weighted by Gasteiger charge is -2.37. The van der Waals surface area contributed by atoms with Crippen molar-refractivity contribution in [2.75, 3.05) is 31.7 Å². The van der Waals surface area contributed by atoms with Crippen molar-refractivity contribution in [2.45, 2.75) is 108 Å². The summed E-state index contributed by atoms with van der Waals surface area (Å²) in [7, 11) is 0. The molecule has 300 valence electrons. The number of esters is 1. The molecule has 3 fully saturated rings. The molecule has 1 amide bonds. The Balaban J connectivity index is 1.00. The van der Waals surface area contributed by atoms with Crippen LogP contribution in [0, 0.1) is 5.92 Å². The van der Waals surface area contributed by atoms with E-state index in [1.165, 1.54) is 0 Å². The van der Waals surface area contributed by atoms with Gasteiger partial charge in [-0.25, -0.2) is 0 Å².